The maximum Gasteiger partial charge on any atom is 0.250 e. The Hall–Kier alpha value is -1.50. The molecule has 6 heteroatoms. The SMILES string of the molecule is NC(=S)c1cccc(NC(=O)COC2CCOCC2)c1. The number of nitrogens with two attached hydrogens (primary N) is 1. The van der Waals surface area contributed by atoms with Crippen LogP contribution in [0.4, 0.5) is 5.69 Å². The number of carbonyl (C=O) groups is 1. The van der Waals surface area contributed by atoms with Gasteiger partial charge in [-0.25, -0.2) is 0 Å². The summed E-state index contributed by atoms with van der Waals surface area (Å²) in [6.07, 6.45) is 1.78. The first-order chi connectivity index (χ1) is 9.65. The number of amides is 1. The highest BCUT2D eigenvalue weighted by atomic mass is 32.1. The number of ether oxygens (including phenoxy) is 2. The highest BCUT2D eigenvalue weighted by Gasteiger charge is 2.15. The molecule has 0 radical (unpaired) electrons. The van der Waals surface area contributed by atoms with Gasteiger partial charge in [-0.2, -0.15) is 0 Å². The van der Waals surface area contributed by atoms with E-state index >= 15 is 0 Å². The van der Waals surface area contributed by atoms with Crippen molar-refractivity contribution in [3.8, 4) is 0 Å². The molecular weight excluding hydrogens is 276 g/mol. The van der Waals surface area contributed by atoms with Gasteiger partial charge in [0.05, 0.1) is 6.10 Å². The van der Waals surface area contributed by atoms with Crippen LogP contribution in [0.5, 0.6) is 0 Å². The van der Waals surface area contributed by atoms with Crippen LogP contribution in [0.15, 0.2) is 24.3 Å². The van der Waals surface area contributed by atoms with Crippen LogP contribution in [0.3, 0.4) is 0 Å². The molecule has 1 aliphatic rings. The summed E-state index contributed by atoms with van der Waals surface area (Å²) in [5, 5.41) is 2.77. The van der Waals surface area contributed by atoms with E-state index in [4.69, 9.17) is 27.4 Å². The van der Waals surface area contributed by atoms with E-state index in [0.29, 0.717) is 23.9 Å². The first-order valence-electron chi connectivity index (χ1n) is 6.54. The molecule has 1 amide bonds. The second kappa shape index (κ2) is 7.33. The fourth-order valence-corrected chi connectivity index (χ4v) is 2.11. The fourth-order valence-electron chi connectivity index (χ4n) is 1.98. The minimum Gasteiger partial charge on any atom is -0.389 e. The van der Waals surface area contributed by atoms with Gasteiger partial charge in [-0.05, 0) is 25.0 Å². The van der Waals surface area contributed by atoms with Crippen LogP contribution in [-0.4, -0.2) is 36.8 Å². The standard InChI is InChI=1S/C14H18N2O3S/c15-14(20)10-2-1-3-11(8-10)16-13(17)9-19-12-4-6-18-7-5-12/h1-3,8,12H,4-7,9H2,(H2,15,20)(H,16,17). The molecule has 0 atom stereocenters. The van der Waals surface area contributed by atoms with Crippen LogP contribution in [0.1, 0.15) is 18.4 Å². The van der Waals surface area contributed by atoms with Gasteiger partial charge in [0, 0.05) is 24.5 Å². The normalized spacial score (nSPS) is 15.8. The number of benzene rings is 1. The molecule has 0 bridgehead atoms. The Labute approximate surface area is 123 Å². The Balaban J connectivity index is 1.81. The van der Waals surface area contributed by atoms with E-state index in [2.05, 4.69) is 5.32 Å². The predicted molar refractivity (Wildman–Crippen MR) is 80.8 cm³/mol. The number of nitrogens with one attached hydrogen (secondary N) is 1. The molecule has 1 aromatic carbocycles. The molecule has 0 unspecified atom stereocenters. The maximum absolute atomic E-state index is 11.8. The van der Waals surface area contributed by atoms with E-state index in [1.165, 1.54) is 0 Å². The zero-order chi connectivity index (χ0) is 14.4. The first kappa shape index (κ1) is 14.9. The molecule has 0 saturated carbocycles. The van der Waals surface area contributed by atoms with Crippen molar-refractivity contribution in [2.75, 3.05) is 25.1 Å². The summed E-state index contributed by atoms with van der Waals surface area (Å²) < 4.78 is 10.8. The molecule has 3 N–H and O–H groups in total. The second-order valence-electron chi connectivity index (χ2n) is 4.62. The molecule has 1 aliphatic heterocycles. The molecule has 5 nitrogen and oxygen atoms in total. The number of anilines is 1. The summed E-state index contributed by atoms with van der Waals surface area (Å²) in [4.78, 5) is 12.1. The van der Waals surface area contributed by atoms with Crippen LogP contribution in [0, 0.1) is 0 Å². The van der Waals surface area contributed by atoms with Gasteiger partial charge in [-0.15, -0.1) is 0 Å². The van der Waals surface area contributed by atoms with Gasteiger partial charge in [0.25, 0.3) is 0 Å². The van der Waals surface area contributed by atoms with Crippen molar-refractivity contribution in [2.24, 2.45) is 5.73 Å². The van der Waals surface area contributed by atoms with Gasteiger partial charge < -0.3 is 20.5 Å². The Morgan fingerprint density at radius 3 is 2.90 bits per heavy atom. The Bertz CT molecular complexity index is 487. The maximum atomic E-state index is 11.8. The summed E-state index contributed by atoms with van der Waals surface area (Å²) in [5.41, 5.74) is 6.94. The Morgan fingerprint density at radius 1 is 1.45 bits per heavy atom. The van der Waals surface area contributed by atoms with Gasteiger partial charge in [0.2, 0.25) is 5.91 Å². The minimum absolute atomic E-state index is 0.0436. The lowest BCUT2D eigenvalue weighted by Gasteiger charge is -2.22. The third-order valence-corrected chi connectivity index (χ3v) is 3.29. The van der Waals surface area contributed by atoms with Crippen molar-refractivity contribution in [3.05, 3.63) is 29.8 Å². The van der Waals surface area contributed by atoms with Crippen LogP contribution < -0.4 is 11.1 Å². The van der Waals surface area contributed by atoms with Gasteiger partial charge >= 0.3 is 0 Å². The molecule has 1 saturated heterocycles. The number of hydrogen-bond donors (Lipinski definition) is 2. The van der Waals surface area contributed by atoms with E-state index < -0.39 is 0 Å². The monoisotopic (exact) mass is 294 g/mol. The zero-order valence-electron chi connectivity index (χ0n) is 11.1. The molecule has 0 aliphatic carbocycles. The first-order valence-corrected chi connectivity index (χ1v) is 6.95. The second-order valence-corrected chi connectivity index (χ2v) is 5.06. The topological polar surface area (TPSA) is 73.6 Å². The molecule has 0 aromatic heterocycles. The molecule has 1 aromatic rings. The van der Waals surface area contributed by atoms with Crippen molar-refractivity contribution < 1.29 is 14.3 Å². The van der Waals surface area contributed by atoms with Gasteiger partial charge in [0.15, 0.2) is 0 Å². The average Bonchev–Trinajstić information content (AvgIpc) is 2.46. The summed E-state index contributed by atoms with van der Waals surface area (Å²) in [6, 6.07) is 7.13. The van der Waals surface area contributed by atoms with E-state index in [9.17, 15) is 4.79 Å². The molecule has 1 fully saturated rings. The quantitative estimate of drug-likeness (QED) is 0.804. The minimum atomic E-state index is -0.184. The van der Waals surface area contributed by atoms with Crippen molar-refractivity contribution >= 4 is 28.8 Å². The van der Waals surface area contributed by atoms with E-state index in [1.807, 2.05) is 0 Å². The predicted octanol–water partition coefficient (Wildman–Crippen LogP) is 1.45. The summed E-state index contributed by atoms with van der Waals surface area (Å²) >= 11 is 4.90. The van der Waals surface area contributed by atoms with E-state index in [0.717, 1.165) is 18.4 Å². The van der Waals surface area contributed by atoms with Crippen molar-refractivity contribution in [1.82, 2.24) is 0 Å². The molecule has 0 spiro atoms. The lowest BCUT2D eigenvalue weighted by molar-refractivity contribution is -0.124. The van der Waals surface area contributed by atoms with E-state index in [1.54, 1.807) is 24.3 Å². The molecule has 1 heterocycles. The van der Waals surface area contributed by atoms with Crippen molar-refractivity contribution in [2.45, 2.75) is 18.9 Å². The van der Waals surface area contributed by atoms with Crippen LogP contribution in [0.2, 0.25) is 0 Å². The molecular formula is C14H18N2O3S. The smallest absolute Gasteiger partial charge is 0.250 e. The number of carbonyl (C=O) groups excluding carboxylic acids is 1. The lowest BCUT2D eigenvalue weighted by atomic mass is 10.1. The zero-order valence-corrected chi connectivity index (χ0v) is 11.9. The van der Waals surface area contributed by atoms with Crippen LogP contribution in [0.25, 0.3) is 0 Å². The number of rotatable bonds is 5. The Kier molecular flexibility index (Phi) is 5.46. The molecule has 2 rings (SSSR count). The van der Waals surface area contributed by atoms with Crippen LogP contribution in [-0.2, 0) is 14.3 Å². The van der Waals surface area contributed by atoms with Crippen LogP contribution >= 0.6 is 12.2 Å². The summed E-state index contributed by atoms with van der Waals surface area (Å²) in [7, 11) is 0. The number of thiocarbonyl (C=S) groups is 1. The Morgan fingerprint density at radius 2 is 2.20 bits per heavy atom. The van der Waals surface area contributed by atoms with Gasteiger partial charge in [0.1, 0.15) is 11.6 Å². The fraction of sp³-hybridized carbons (Fsp3) is 0.429. The lowest BCUT2D eigenvalue weighted by Crippen LogP contribution is -2.28. The van der Waals surface area contributed by atoms with Crippen molar-refractivity contribution in [1.29, 1.82) is 0 Å². The van der Waals surface area contributed by atoms with E-state index in [-0.39, 0.29) is 18.6 Å². The number of hydrogen-bond acceptors (Lipinski definition) is 4. The molecule has 108 valence electrons. The summed E-state index contributed by atoms with van der Waals surface area (Å²) in [5.74, 6) is -0.184. The van der Waals surface area contributed by atoms with Gasteiger partial charge in [-0.1, -0.05) is 24.4 Å². The van der Waals surface area contributed by atoms with Gasteiger partial charge in [-0.3, -0.25) is 4.79 Å². The highest BCUT2D eigenvalue weighted by molar-refractivity contribution is 7.80. The third kappa shape index (κ3) is 4.56. The summed E-state index contributed by atoms with van der Waals surface area (Å²) in [6.45, 7) is 1.44. The van der Waals surface area contributed by atoms with Crippen molar-refractivity contribution in [3.63, 3.8) is 0 Å². The molecule has 20 heavy (non-hydrogen) atoms. The highest BCUT2D eigenvalue weighted by Crippen LogP contribution is 2.12. The average molecular weight is 294 g/mol. The third-order valence-electron chi connectivity index (χ3n) is 3.05. The largest absolute Gasteiger partial charge is 0.389 e.